The first-order valence-electron chi connectivity index (χ1n) is 6.47. The molecule has 0 fully saturated rings. The van der Waals surface area contributed by atoms with Crippen molar-refractivity contribution in [3.8, 4) is 5.75 Å². The van der Waals surface area contributed by atoms with Crippen LogP contribution in [-0.2, 0) is 6.54 Å². The van der Waals surface area contributed by atoms with Crippen molar-refractivity contribution in [1.29, 1.82) is 0 Å². The van der Waals surface area contributed by atoms with E-state index in [1.807, 2.05) is 48.5 Å². The molecule has 0 amide bonds. The molecule has 5 heteroatoms. The smallest absolute Gasteiger partial charge is 0.123 e. The summed E-state index contributed by atoms with van der Waals surface area (Å²) in [5.41, 5.74) is 1.98. The van der Waals surface area contributed by atoms with Crippen molar-refractivity contribution >= 4 is 15.9 Å². The Bertz CT molecular complexity index is 551. The Morgan fingerprint density at radius 3 is 2.57 bits per heavy atom. The minimum Gasteiger partial charge on any atom is -1.00 e. The van der Waals surface area contributed by atoms with Gasteiger partial charge in [-0.1, -0.05) is 46.3 Å². The number of halogens is 2. The van der Waals surface area contributed by atoms with E-state index in [4.69, 9.17) is 4.74 Å². The number of rotatable bonds is 6. The highest BCUT2D eigenvalue weighted by Gasteiger charge is 2.08. The molecule has 2 aromatic rings. The first kappa shape index (κ1) is 18.0. The molecule has 1 unspecified atom stereocenters. The zero-order chi connectivity index (χ0) is 14.4. The van der Waals surface area contributed by atoms with Crippen LogP contribution < -0.4 is 22.5 Å². The predicted octanol–water partition coefficient (Wildman–Crippen LogP) is 0.285. The van der Waals surface area contributed by atoms with E-state index in [9.17, 15) is 5.11 Å². The second-order valence-electron chi connectivity index (χ2n) is 4.51. The van der Waals surface area contributed by atoms with E-state index >= 15 is 0 Å². The fraction of sp³-hybridized carbons (Fsp3) is 0.250. The van der Waals surface area contributed by atoms with Crippen LogP contribution in [0, 0.1) is 0 Å². The molecule has 2 rings (SSSR count). The van der Waals surface area contributed by atoms with Gasteiger partial charge in [0.25, 0.3) is 0 Å². The van der Waals surface area contributed by atoms with E-state index in [0.717, 1.165) is 21.3 Å². The molecule has 0 aromatic heterocycles. The monoisotopic (exact) mass is 370 g/mol. The molecule has 2 N–H and O–H groups in total. The summed E-state index contributed by atoms with van der Waals surface area (Å²) in [7, 11) is 1.66. The lowest BCUT2D eigenvalue weighted by Gasteiger charge is -2.14. The topological polar surface area (TPSA) is 41.5 Å². The first-order chi connectivity index (χ1) is 9.70. The van der Waals surface area contributed by atoms with Crippen LogP contribution in [0.4, 0.5) is 0 Å². The average molecular weight is 372 g/mol. The SMILES string of the molecule is COc1ccc(Br)cc1CNCC(O)c1ccccc1.[Cl-]. The van der Waals surface area contributed by atoms with E-state index in [1.54, 1.807) is 7.11 Å². The van der Waals surface area contributed by atoms with E-state index in [2.05, 4.69) is 21.2 Å². The van der Waals surface area contributed by atoms with Crippen LogP contribution in [0.2, 0.25) is 0 Å². The molecule has 0 radical (unpaired) electrons. The summed E-state index contributed by atoms with van der Waals surface area (Å²) >= 11 is 3.45. The fourth-order valence-corrected chi connectivity index (χ4v) is 2.43. The Morgan fingerprint density at radius 2 is 1.90 bits per heavy atom. The highest BCUT2D eigenvalue weighted by atomic mass is 79.9. The Morgan fingerprint density at radius 1 is 1.19 bits per heavy atom. The Kier molecular flexibility index (Phi) is 7.75. The lowest BCUT2D eigenvalue weighted by atomic mass is 10.1. The van der Waals surface area contributed by atoms with Gasteiger partial charge in [-0.15, -0.1) is 0 Å². The maximum Gasteiger partial charge on any atom is 0.123 e. The molecular formula is C16H18BrClNO2-. The predicted molar refractivity (Wildman–Crippen MR) is 83.8 cm³/mol. The maximum atomic E-state index is 10.1. The largest absolute Gasteiger partial charge is 1.00 e. The van der Waals surface area contributed by atoms with Crippen LogP contribution in [0.5, 0.6) is 5.75 Å². The van der Waals surface area contributed by atoms with Crippen molar-refractivity contribution in [2.45, 2.75) is 12.6 Å². The molecule has 2 aromatic carbocycles. The third kappa shape index (κ3) is 5.32. The van der Waals surface area contributed by atoms with Crippen molar-refractivity contribution in [2.24, 2.45) is 0 Å². The molecule has 0 bridgehead atoms. The highest BCUT2D eigenvalue weighted by Crippen LogP contribution is 2.22. The molecular weight excluding hydrogens is 354 g/mol. The second kappa shape index (κ2) is 9.05. The maximum absolute atomic E-state index is 10.1. The molecule has 0 heterocycles. The zero-order valence-electron chi connectivity index (χ0n) is 11.7. The summed E-state index contributed by atoms with van der Waals surface area (Å²) in [6.07, 6.45) is -0.505. The summed E-state index contributed by atoms with van der Waals surface area (Å²) < 4.78 is 6.33. The lowest BCUT2D eigenvalue weighted by Crippen LogP contribution is -3.00. The van der Waals surface area contributed by atoms with Crippen LogP contribution in [0.1, 0.15) is 17.2 Å². The van der Waals surface area contributed by atoms with Crippen LogP contribution in [0.3, 0.4) is 0 Å². The second-order valence-corrected chi connectivity index (χ2v) is 5.43. The van der Waals surface area contributed by atoms with Crippen molar-refractivity contribution in [2.75, 3.05) is 13.7 Å². The van der Waals surface area contributed by atoms with Gasteiger partial charge in [-0.2, -0.15) is 0 Å². The number of nitrogens with one attached hydrogen (secondary N) is 1. The van der Waals surface area contributed by atoms with Crippen molar-refractivity contribution in [1.82, 2.24) is 5.32 Å². The van der Waals surface area contributed by atoms with Gasteiger partial charge in [0.2, 0.25) is 0 Å². The molecule has 21 heavy (non-hydrogen) atoms. The number of ether oxygens (including phenoxy) is 1. The summed E-state index contributed by atoms with van der Waals surface area (Å²) in [6.45, 7) is 1.15. The molecule has 3 nitrogen and oxygen atoms in total. The quantitative estimate of drug-likeness (QED) is 0.767. The standard InChI is InChI=1S/C16H18BrNO2.ClH/c1-20-16-8-7-14(17)9-13(16)10-18-11-15(19)12-5-3-2-4-6-12;/h2-9,15,18-19H,10-11H2,1H3;1H/p-1. The number of benzene rings is 2. The molecule has 0 aliphatic heterocycles. The molecule has 114 valence electrons. The van der Waals surface area contributed by atoms with Gasteiger partial charge in [0.1, 0.15) is 5.75 Å². The molecule has 0 saturated carbocycles. The van der Waals surface area contributed by atoms with Crippen LogP contribution in [-0.4, -0.2) is 18.8 Å². The molecule has 0 saturated heterocycles. The van der Waals surface area contributed by atoms with Gasteiger partial charge in [-0.05, 0) is 23.8 Å². The van der Waals surface area contributed by atoms with E-state index in [1.165, 1.54) is 0 Å². The van der Waals surface area contributed by atoms with Gasteiger partial charge in [0, 0.05) is 23.1 Å². The van der Waals surface area contributed by atoms with Gasteiger partial charge in [-0.3, -0.25) is 0 Å². The number of methoxy groups -OCH3 is 1. The van der Waals surface area contributed by atoms with Crippen LogP contribution in [0.15, 0.2) is 53.0 Å². The van der Waals surface area contributed by atoms with Gasteiger partial charge >= 0.3 is 0 Å². The zero-order valence-corrected chi connectivity index (χ0v) is 14.1. The van der Waals surface area contributed by atoms with Crippen molar-refractivity contribution in [3.05, 3.63) is 64.1 Å². The Balaban J connectivity index is 0.00000220. The summed E-state index contributed by atoms with van der Waals surface area (Å²) in [6, 6.07) is 15.5. The van der Waals surface area contributed by atoms with Gasteiger partial charge in [0.15, 0.2) is 0 Å². The third-order valence-corrected chi connectivity index (χ3v) is 3.57. The first-order valence-corrected chi connectivity index (χ1v) is 7.26. The third-order valence-electron chi connectivity index (χ3n) is 3.08. The minimum absolute atomic E-state index is 0. The molecule has 0 spiro atoms. The number of hydrogen-bond donors (Lipinski definition) is 2. The molecule has 0 aliphatic carbocycles. The summed E-state index contributed by atoms with van der Waals surface area (Å²) in [4.78, 5) is 0. The van der Waals surface area contributed by atoms with E-state index < -0.39 is 6.10 Å². The molecule has 0 aliphatic rings. The van der Waals surface area contributed by atoms with E-state index in [0.29, 0.717) is 13.1 Å². The van der Waals surface area contributed by atoms with Gasteiger partial charge in [-0.25, -0.2) is 0 Å². The van der Waals surface area contributed by atoms with Crippen molar-refractivity contribution in [3.63, 3.8) is 0 Å². The number of aliphatic hydroxyl groups excluding tert-OH is 1. The Labute approximate surface area is 139 Å². The summed E-state index contributed by atoms with van der Waals surface area (Å²) in [5, 5.41) is 13.3. The van der Waals surface area contributed by atoms with E-state index in [-0.39, 0.29) is 12.4 Å². The fourth-order valence-electron chi connectivity index (χ4n) is 2.02. The normalized spacial score (nSPS) is 11.6. The number of hydrogen-bond acceptors (Lipinski definition) is 3. The van der Waals surface area contributed by atoms with Crippen LogP contribution in [0.25, 0.3) is 0 Å². The van der Waals surface area contributed by atoms with Crippen LogP contribution >= 0.6 is 15.9 Å². The Hall–Kier alpha value is -1.07. The minimum atomic E-state index is -0.505. The molecule has 1 atom stereocenters. The van der Waals surface area contributed by atoms with Crippen molar-refractivity contribution < 1.29 is 22.3 Å². The average Bonchev–Trinajstić information content (AvgIpc) is 2.48. The summed E-state index contributed by atoms with van der Waals surface area (Å²) in [5.74, 6) is 0.843. The van der Waals surface area contributed by atoms with Gasteiger partial charge < -0.3 is 27.6 Å². The number of aliphatic hydroxyl groups is 1. The lowest BCUT2D eigenvalue weighted by molar-refractivity contribution is -0.00000590. The highest BCUT2D eigenvalue weighted by molar-refractivity contribution is 9.10. The van der Waals surface area contributed by atoms with Gasteiger partial charge in [0.05, 0.1) is 13.2 Å².